The first-order valence-corrected chi connectivity index (χ1v) is 10.6. The summed E-state index contributed by atoms with van der Waals surface area (Å²) in [6, 6.07) is 17.6. The zero-order valence-corrected chi connectivity index (χ0v) is 17.1. The number of aryl methyl sites for hydroxylation is 1. The van der Waals surface area contributed by atoms with Crippen LogP contribution < -0.4 is 9.46 Å². The minimum atomic E-state index is -3.90. The number of hydrogen-bond acceptors (Lipinski definition) is 7. The van der Waals surface area contributed by atoms with E-state index in [2.05, 4.69) is 19.9 Å². The van der Waals surface area contributed by atoms with E-state index in [1.807, 2.05) is 13.0 Å². The normalized spacial score (nSPS) is 11.0. The third-order valence-corrected chi connectivity index (χ3v) is 5.76. The molecule has 0 bridgehead atoms. The predicted molar refractivity (Wildman–Crippen MR) is 112 cm³/mol. The highest BCUT2D eigenvalue weighted by Gasteiger charge is 2.18. The molecule has 154 valence electrons. The van der Waals surface area contributed by atoms with Crippen molar-refractivity contribution in [1.29, 1.82) is 5.26 Å². The lowest BCUT2D eigenvalue weighted by molar-refractivity contribution is 0.454. The molecule has 4 rings (SSSR count). The molecule has 2 aromatic heterocycles. The van der Waals surface area contributed by atoms with Gasteiger partial charge in [-0.15, -0.1) is 10.2 Å². The molecule has 0 saturated carbocycles. The van der Waals surface area contributed by atoms with Crippen molar-refractivity contribution in [2.45, 2.75) is 11.8 Å². The fourth-order valence-corrected chi connectivity index (χ4v) is 4.05. The largest absolute Gasteiger partial charge is 0.438 e. The lowest BCUT2D eigenvalue weighted by Gasteiger charge is -2.10. The van der Waals surface area contributed by atoms with Crippen LogP contribution in [0.1, 0.15) is 11.4 Å². The van der Waals surface area contributed by atoms with Crippen molar-refractivity contribution in [3.8, 4) is 23.5 Å². The quantitative estimate of drug-likeness (QED) is 0.495. The summed E-state index contributed by atoms with van der Waals surface area (Å²) in [5.41, 5.74) is 0.403. The van der Waals surface area contributed by atoms with E-state index in [4.69, 9.17) is 10.00 Å². The van der Waals surface area contributed by atoms with E-state index < -0.39 is 10.0 Å². The topological polar surface area (TPSA) is 123 Å². The molecule has 0 saturated heterocycles. The van der Waals surface area contributed by atoms with Crippen molar-refractivity contribution < 1.29 is 13.2 Å². The molecular weight excluding hydrogens is 416 g/mol. The third kappa shape index (κ3) is 4.36. The van der Waals surface area contributed by atoms with Gasteiger partial charge in [0.25, 0.3) is 10.0 Å². The second-order valence-corrected chi connectivity index (χ2v) is 8.06. The number of sulfonamides is 1. The van der Waals surface area contributed by atoms with Crippen LogP contribution >= 0.6 is 0 Å². The molecule has 0 spiro atoms. The SMILES string of the molecule is Cc1nccn1-c1ccc(Oc2ccc(NS(=O)(=O)c3ccccc3C#N)cc2)nn1. The zero-order valence-electron chi connectivity index (χ0n) is 16.3. The first kappa shape index (κ1) is 20.1. The maximum absolute atomic E-state index is 12.6. The summed E-state index contributed by atoms with van der Waals surface area (Å²) in [6.07, 6.45) is 3.46. The van der Waals surface area contributed by atoms with Gasteiger partial charge in [0.1, 0.15) is 22.5 Å². The summed E-state index contributed by atoms with van der Waals surface area (Å²) in [5, 5.41) is 17.3. The molecule has 2 heterocycles. The summed E-state index contributed by atoms with van der Waals surface area (Å²) in [7, 11) is -3.90. The van der Waals surface area contributed by atoms with Gasteiger partial charge in [-0.25, -0.2) is 13.4 Å². The number of aromatic nitrogens is 4. The predicted octanol–water partition coefficient (Wildman–Crippen LogP) is 3.44. The lowest BCUT2D eigenvalue weighted by atomic mass is 10.2. The molecule has 4 aromatic rings. The third-order valence-electron chi connectivity index (χ3n) is 4.32. The van der Waals surface area contributed by atoms with Crippen molar-refractivity contribution in [2.75, 3.05) is 4.72 Å². The van der Waals surface area contributed by atoms with E-state index >= 15 is 0 Å². The Bertz CT molecular complexity index is 1360. The van der Waals surface area contributed by atoms with Crippen LogP contribution in [0.25, 0.3) is 5.82 Å². The number of rotatable bonds is 6. The maximum atomic E-state index is 12.6. The molecule has 31 heavy (non-hydrogen) atoms. The molecule has 0 radical (unpaired) electrons. The average molecular weight is 432 g/mol. The van der Waals surface area contributed by atoms with Gasteiger partial charge >= 0.3 is 0 Å². The van der Waals surface area contributed by atoms with Crippen LogP contribution in [-0.4, -0.2) is 28.2 Å². The van der Waals surface area contributed by atoms with E-state index in [9.17, 15) is 8.42 Å². The zero-order chi connectivity index (χ0) is 21.8. The molecule has 0 aliphatic heterocycles. The van der Waals surface area contributed by atoms with Crippen molar-refractivity contribution >= 4 is 15.7 Å². The van der Waals surface area contributed by atoms with Crippen molar-refractivity contribution in [3.05, 3.63) is 84.4 Å². The fraction of sp³-hybridized carbons (Fsp3) is 0.0476. The van der Waals surface area contributed by atoms with Crippen LogP contribution in [-0.2, 0) is 10.0 Å². The molecule has 0 unspecified atom stereocenters. The minimum absolute atomic E-state index is 0.0721. The molecule has 0 fully saturated rings. The number of hydrogen-bond donors (Lipinski definition) is 1. The molecule has 0 aliphatic rings. The van der Waals surface area contributed by atoms with E-state index in [1.54, 1.807) is 65.5 Å². The van der Waals surface area contributed by atoms with Gasteiger partial charge < -0.3 is 4.74 Å². The summed E-state index contributed by atoms with van der Waals surface area (Å²) in [6.45, 7) is 1.86. The fourth-order valence-electron chi connectivity index (χ4n) is 2.83. The van der Waals surface area contributed by atoms with Gasteiger partial charge in [0, 0.05) is 24.1 Å². The van der Waals surface area contributed by atoms with Gasteiger partial charge in [-0.1, -0.05) is 12.1 Å². The van der Waals surface area contributed by atoms with Gasteiger partial charge in [0.05, 0.1) is 5.56 Å². The number of imidazole rings is 1. The van der Waals surface area contributed by atoms with E-state index in [0.29, 0.717) is 17.3 Å². The smallest absolute Gasteiger partial charge is 0.263 e. The van der Waals surface area contributed by atoms with Gasteiger partial charge in [-0.2, -0.15) is 5.26 Å². The van der Waals surface area contributed by atoms with Crippen LogP contribution in [0.3, 0.4) is 0 Å². The summed E-state index contributed by atoms with van der Waals surface area (Å²) < 4.78 is 35.1. The van der Waals surface area contributed by atoms with Crippen LogP contribution in [0.5, 0.6) is 11.6 Å². The number of benzene rings is 2. The Hall–Kier alpha value is -4.23. The average Bonchev–Trinajstić information content (AvgIpc) is 3.21. The van der Waals surface area contributed by atoms with Crippen molar-refractivity contribution in [1.82, 2.24) is 19.7 Å². The molecule has 0 amide bonds. The van der Waals surface area contributed by atoms with Crippen LogP contribution in [0.4, 0.5) is 5.69 Å². The Labute approximate surface area is 178 Å². The molecule has 0 atom stereocenters. The Morgan fingerprint density at radius 2 is 1.81 bits per heavy atom. The van der Waals surface area contributed by atoms with Crippen molar-refractivity contribution in [2.24, 2.45) is 0 Å². The number of nitriles is 1. The summed E-state index contributed by atoms with van der Waals surface area (Å²) in [4.78, 5) is 4.06. The van der Waals surface area contributed by atoms with Gasteiger partial charge in [-0.05, 0) is 49.4 Å². The summed E-state index contributed by atoms with van der Waals surface area (Å²) >= 11 is 0. The maximum Gasteiger partial charge on any atom is 0.263 e. The minimum Gasteiger partial charge on any atom is -0.438 e. The highest BCUT2D eigenvalue weighted by molar-refractivity contribution is 7.92. The first-order chi connectivity index (χ1) is 15.0. The molecule has 2 aromatic carbocycles. The monoisotopic (exact) mass is 432 g/mol. The second-order valence-electron chi connectivity index (χ2n) is 6.41. The Morgan fingerprint density at radius 1 is 1.03 bits per heavy atom. The Kier molecular flexibility index (Phi) is 5.34. The second kappa shape index (κ2) is 8.25. The van der Waals surface area contributed by atoms with Gasteiger partial charge in [0.2, 0.25) is 5.88 Å². The van der Waals surface area contributed by atoms with E-state index in [1.165, 1.54) is 12.1 Å². The molecule has 0 aliphatic carbocycles. The number of ether oxygens (including phenoxy) is 1. The number of nitrogens with one attached hydrogen (secondary N) is 1. The molecule has 10 heteroatoms. The summed E-state index contributed by atoms with van der Waals surface area (Å²) in [5.74, 6) is 2.15. The van der Waals surface area contributed by atoms with Gasteiger partial charge in [-0.3, -0.25) is 9.29 Å². The van der Waals surface area contributed by atoms with Crippen molar-refractivity contribution in [3.63, 3.8) is 0 Å². The molecule has 1 N–H and O–H groups in total. The number of anilines is 1. The van der Waals surface area contributed by atoms with E-state index in [0.717, 1.165) is 5.82 Å². The molecular formula is C21H16N6O3S. The van der Waals surface area contributed by atoms with E-state index in [-0.39, 0.29) is 16.3 Å². The van der Waals surface area contributed by atoms with Crippen LogP contribution in [0, 0.1) is 18.3 Å². The van der Waals surface area contributed by atoms with Crippen LogP contribution in [0.2, 0.25) is 0 Å². The number of nitrogens with zero attached hydrogens (tertiary/aromatic N) is 5. The first-order valence-electron chi connectivity index (χ1n) is 9.10. The Morgan fingerprint density at radius 3 is 2.45 bits per heavy atom. The molecule has 9 nitrogen and oxygen atoms in total. The Balaban J connectivity index is 1.46. The highest BCUT2D eigenvalue weighted by Crippen LogP contribution is 2.24. The highest BCUT2D eigenvalue weighted by atomic mass is 32.2. The van der Waals surface area contributed by atoms with Gasteiger partial charge in [0.15, 0.2) is 5.82 Å². The lowest BCUT2D eigenvalue weighted by Crippen LogP contribution is -2.14. The van der Waals surface area contributed by atoms with Crippen LogP contribution in [0.15, 0.2) is 78.0 Å². The standard InChI is InChI=1S/C21H16N6O3S/c1-15-23-12-13-27(15)20-10-11-21(25-24-20)30-18-8-6-17(7-9-18)26-31(28,29)19-5-3-2-4-16(19)14-22/h2-13,26H,1H3.